The molecule has 0 fully saturated rings. The van der Waals surface area contributed by atoms with Crippen molar-refractivity contribution < 1.29 is 4.79 Å². The zero-order chi connectivity index (χ0) is 15.4. The van der Waals surface area contributed by atoms with Crippen LogP contribution in [0.1, 0.15) is 29.9 Å². The molecule has 5 nitrogen and oxygen atoms in total. The van der Waals surface area contributed by atoms with Crippen LogP contribution in [0, 0.1) is 0 Å². The topological polar surface area (TPSA) is 64.0 Å². The van der Waals surface area contributed by atoms with Gasteiger partial charge in [-0.15, -0.1) is 0 Å². The smallest absolute Gasteiger partial charge is 0.255 e. The van der Waals surface area contributed by atoms with E-state index in [1.54, 1.807) is 18.3 Å². The fraction of sp³-hybridized carbons (Fsp3) is 0.267. The molecular formula is C15H16ClN3O2. The van der Waals surface area contributed by atoms with E-state index in [9.17, 15) is 9.59 Å². The van der Waals surface area contributed by atoms with Gasteiger partial charge < -0.3 is 9.88 Å². The van der Waals surface area contributed by atoms with Crippen molar-refractivity contribution in [3.8, 4) is 0 Å². The van der Waals surface area contributed by atoms with Gasteiger partial charge in [0.1, 0.15) is 5.15 Å². The van der Waals surface area contributed by atoms with E-state index in [1.165, 1.54) is 16.7 Å². The highest BCUT2D eigenvalue weighted by molar-refractivity contribution is 6.29. The number of carbonyl (C=O) groups excluding carboxylic acids is 1. The van der Waals surface area contributed by atoms with Gasteiger partial charge in [0.05, 0.1) is 5.69 Å². The second-order valence-electron chi connectivity index (χ2n) is 4.52. The van der Waals surface area contributed by atoms with E-state index in [1.807, 2.05) is 13.8 Å². The zero-order valence-corrected chi connectivity index (χ0v) is 12.6. The molecular weight excluding hydrogens is 290 g/mol. The number of hydrogen-bond donors (Lipinski definition) is 1. The molecule has 2 rings (SSSR count). The largest absolute Gasteiger partial charge is 0.321 e. The van der Waals surface area contributed by atoms with Crippen LogP contribution in [0.15, 0.2) is 35.3 Å². The van der Waals surface area contributed by atoms with E-state index in [0.29, 0.717) is 24.2 Å². The van der Waals surface area contributed by atoms with Crippen LogP contribution in [0.2, 0.25) is 5.15 Å². The summed E-state index contributed by atoms with van der Waals surface area (Å²) in [6, 6.07) is 6.23. The average Bonchev–Trinajstić information content (AvgIpc) is 2.48. The predicted octanol–water partition coefficient (Wildman–Crippen LogP) is 2.73. The van der Waals surface area contributed by atoms with Gasteiger partial charge in [0.2, 0.25) is 0 Å². The Morgan fingerprint density at radius 3 is 2.76 bits per heavy atom. The minimum Gasteiger partial charge on any atom is -0.321 e. The number of carbonyl (C=O) groups is 1. The zero-order valence-electron chi connectivity index (χ0n) is 11.9. The highest BCUT2D eigenvalue weighted by Gasteiger charge is 2.10. The highest BCUT2D eigenvalue weighted by Crippen LogP contribution is 2.13. The number of aromatic nitrogens is 2. The summed E-state index contributed by atoms with van der Waals surface area (Å²) in [5.74, 6) is -0.282. The van der Waals surface area contributed by atoms with Crippen LogP contribution in [0.4, 0.5) is 5.69 Å². The molecule has 0 aliphatic carbocycles. The van der Waals surface area contributed by atoms with E-state index in [2.05, 4.69) is 10.3 Å². The molecule has 2 aromatic heterocycles. The molecule has 0 saturated carbocycles. The molecule has 0 aliphatic heterocycles. The summed E-state index contributed by atoms with van der Waals surface area (Å²) < 4.78 is 1.52. The molecule has 0 saturated heterocycles. The molecule has 1 N–H and O–H groups in total. The lowest BCUT2D eigenvalue weighted by Crippen LogP contribution is -2.20. The van der Waals surface area contributed by atoms with Gasteiger partial charge in [0.25, 0.3) is 11.5 Å². The number of nitrogens with zero attached hydrogens (tertiary/aromatic N) is 2. The second-order valence-corrected chi connectivity index (χ2v) is 4.91. The number of aryl methyl sites for hydroxylation is 2. The van der Waals surface area contributed by atoms with Crippen molar-refractivity contribution in [3.05, 3.63) is 57.2 Å². The predicted molar refractivity (Wildman–Crippen MR) is 83.0 cm³/mol. The number of anilines is 1. The molecule has 110 valence electrons. The lowest BCUT2D eigenvalue weighted by atomic mass is 10.2. The molecule has 0 spiro atoms. The Morgan fingerprint density at radius 1 is 1.33 bits per heavy atom. The minimum atomic E-state index is -0.282. The lowest BCUT2D eigenvalue weighted by molar-refractivity contribution is 0.102. The van der Waals surface area contributed by atoms with Crippen LogP contribution in [-0.4, -0.2) is 15.5 Å². The fourth-order valence-electron chi connectivity index (χ4n) is 1.92. The normalized spacial score (nSPS) is 10.4. The third-order valence-corrected chi connectivity index (χ3v) is 3.25. The van der Waals surface area contributed by atoms with E-state index >= 15 is 0 Å². The SMILES string of the molecule is CCc1cc(C(=O)Nc2ccc(=O)n(CC)c2)cc(Cl)n1. The Bertz CT molecular complexity index is 725. The summed E-state index contributed by atoms with van der Waals surface area (Å²) in [5, 5.41) is 3.04. The highest BCUT2D eigenvalue weighted by atomic mass is 35.5. The first-order valence-electron chi connectivity index (χ1n) is 6.71. The van der Waals surface area contributed by atoms with E-state index in [4.69, 9.17) is 11.6 Å². The van der Waals surface area contributed by atoms with Crippen LogP contribution >= 0.6 is 11.6 Å². The maximum Gasteiger partial charge on any atom is 0.255 e. The molecule has 0 aliphatic rings. The van der Waals surface area contributed by atoms with Crippen molar-refractivity contribution in [3.63, 3.8) is 0 Å². The quantitative estimate of drug-likeness (QED) is 0.883. The van der Waals surface area contributed by atoms with E-state index < -0.39 is 0 Å². The number of amides is 1. The molecule has 0 aromatic carbocycles. The van der Waals surface area contributed by atoms with Gasteiger partial charge in [-0.25, -0.2) is 4.98 Å². The summed E-state index contributed by atoms with van der Waals surface area (Å²) in [6.45, 7) is 4.35. The summed E-state index contributed by atoms with van der Waals surface area (Å²) in [4.78, 5) is 27.9. The third kappa shape index (κ3) is 3.70. The van der Waals surface area contributed by atoms with Crippen LogP contribution in [-0.2, 0) is 13.0 Å². The van der Waals surface area contributed by atoms with Crippen molar-refractivity contribution in [2.45, 2.75) is 26.8 Å². The molecule has 2 heterocycles. The third-order valence-electron chi connectivity index (χ3n) is 3.05. The van der Waals surface area contributed by atoms with Crippen molar-refractivity contribution >= 4 is 23.2 Å². The number of hydrogen-bond acceptors (Lipinski definition) is 3. The monoisotopic (exact) mass is 305 g/mol. The Morgan fingerprint density at radius 2 is 2.10 bits per heavy atom. The van der Waals surface area contributed by atoms with Crippen molar-refractivity contribution in [2.75, 3.05) is 5.32 Å². The summed E-state index contributed by atoms with van der Waals surface area (Å²) in [7, 11) is 0. The van der Waals surface area contributed by atoms with E-state index in [-0.39, 0.29) is 16.6 Å². The van der Waals surface area contributed by atoms with Gasteiger partial charge in [-0.2, -0.15) is 0 Å². The Balaban J connectivity index is 2.25. The Hall–Kier alpha value is -2.14. The molecule has 0 bridgehead atoms. The molecule has 0 atom stereocenters. The van der Waals surface area contributed by atoms with Crippen LogP contribution < -0.4 is 10.9 Å². The Labute approximate surface area is 127 Å². The van der Waals surface area contributed by atoms with Gasteiger partial charge in [-0.3, -0.25) is 9.59 Å². The Kier molecular flexibility index (Phi) is 4.75. The lowest BCUT2D eigenvalue weighted by Gasteiger charge is -2.09. The number of rotatable bonds is 4. The number of halogens is 1. The first kappa shape index (κ1) is 15.3. The van der Waals surface area contributed by atoms with E-state index in [0.717, 1.165) is 5.69 Å². The maximum absolute atomic E-state index is 12.2. The minimum absolute atomic E-state index is 0.101. The molecule has 1 amide bonds. The van der Waals surface area contributed by atoms with Gasteiger partial charge >= 0.3 is 0 Å². The van der Waals surface area contributed by atoms with Crippen molar-refractivity contribution in [1.29, 1.82) is 0 Å². The number of pyridine rings is 2. The van der Waals surface area contributed by atoms with Crippen molar-refractivity contribution in [1.82, 2.24) is 9.55 Å². The maximum atomic E-state index is 12.2. The summed E-state index contributed by atoms with van der Waals surface area (Å²) in [5.41, 5.74) is 1.66. The first-order valence-corrected chi connectivity index (χ1v) is 7.09. The standard InChI is InChI=1S/C15H16ClN3O2/c1-3-11-7-10(8-13(16)17-11)15(21)18-12-5-6-14(20)19(4-2)9-12/h5-9H,3-4H2,1-2H3,(H,18,21). The first-order chi connectivity index (χ1) is 10.0. The second kappa shape index (κ2) is 6.54. The van der Waals surface area contributed by atoms with Gasteiger partial charge in [-0.1, -0.05) is 18.5 Å². The molecule has 0 unspecified atom stereocenters. The summed E-state index contributed by atoms with van der Waals surface area (Å²) >= 11 is 5.91. The summed E-state index contributed by atoms with van der Waals surface area (Å²) in [6.07, 6.45) is 2.31. The van der Waals surface area contributed by atoms with Gasteiger partial charge in [-0.05, 0) is 31.5 Å². The average molecular weight is 306 g/mol. The van der Waals surface area contributed by atoms with Gasteiger partial charge in [0.15, 0.2) is 0 Å². The van der Waals surface area contributed by atoms with Gasteiger partial charge in [0, 0.05) is 30.1 Å². The molecule has 0 radical (unpaired) electrons. The van der Waals surface area contributed by atoms with Crippen LogP contribution in [0.3, 0.4) is 0 Å². The van der Waals surface area contributed by atoms with Crippen molar-refractivity contribution in [2.24, 2.45) is 0 Å². The number of nitrogens with one attached hydrogen (secondary N) is 1. The fourth-order valence-corrected chi connectivity index (χ4v) is 2.15. The van der Waals surface area contributed by atoms with Crippen LogP contribution in [0.5, 0.6) is 0 Å². The molecule has 6 heteroatoms. The van der Waals surface area contributed by atoms with Crippen LogP contribution in [0.25, 0.3) is 0 Å². The molecule has 2 aromatic rings. The molecule has 21 heavy (non-hydrogen) atoms.